The Morgan fingerprint density at radius 3 is 1.64 bits per heavy atom. The van der Waals surface area contributed by atoms with E-state index in [1.54, 1.807) is 42.5 Å². The summed E-state index contributed by atoms with van der Waals surface area (Å²) in [5.41, 5.74) is 3.36. The number of amides is 1. The molecule has 1 amide bonds. The highest BCUT2D eigenvalue weighted by molar-refractivity contribution is 7.92. The molecule has 5 nitrogen and oxygen atoms in total. The van der Waals surface area contributed by atoms with Crippen molar-refractivity contribution in [2.75, 3.05) is 10.8 Å². The van der Waals surface area contributed by atoms with E-state index in [0.717, 1.165) is 16.7 Å². The molecule has 0 unspecified atom stereocenters. The summed E-state index contributed by atoms with van der Waals surface area (Å²) in [6.07, 6.45) is 0. The van der Waals surface area contributed by atoms with Crippen LogP contribution in [0.25, 0.3) is 0 Å². The van der Waals surface area contributed by atoms with Crippen LogP contribution in [0.15, 0.2) is 120 Å². The molecular formula is C30H30N2O3S. The van der Waals surface area contributed by atoms with Crippen LogP contribution < -0.4 is 9.62 Å². The average molecular weight is 499 g/mol. The van der Waals surface area contributed by atoms with Crippen molar-refractivity contribution in [1.82, 2.24) is 5.32 Å². The molecule has 36 heavy (non-hydrogen) atoms. The molecule has 0 aliphatic carbocycles. The zero-order valence-corrected chi connectivity index (χ0v) is 21.2. The zero-order valence-electron chi connectivity index (χ0n) is 20.4. The van der Waals surface area contributed by atoms with Crippen LogP contribution in [-0.2, 0) is 14.8 Å². The number of benzene rings is 4. The Morgan fingerprint density at radius 2 is 1.17 bits per heavy atom. The highest BCUT2D eigenvalue weighted by atomic mass is 32.2. The highest BCUT2D eigenvalue weighted by Crippen LogP contribution is 2.27. The minimum atomic E-state index is -3.97. The highest BCUT2D eigenvalue weighted by Gasteiger charge is 2.28. The summed E-state index contributed by atoms with van der Waals surface area (Å²) in [6, 6.07) is 34.4. The van der Waals surface area contributed by atoms with Crippen molar-refractivity contribution in [3.05, 3.63) is 132 Å². The first-order valence-corrected chi connectivity index (χ1v) is 13.4. The maximum absolute atomic E-state index is 13.7. The second-order valence-electron chi connectivity index (χ2n) is 8.89. The van der Waals surface area contributed by atoms with Gasteiger partial charge in [-0.05, 0) is 46.9 Å². The first-order chi connectivity index (χ1) is 17.4. The number of nitrogens with one attached hydrogen (secondary N) is 1. The van der Waals surface area contributed by atoms with Crippen molar-refractivity contribution >= 4 is 21.6 Å². The van der Waals surface area contributed by atoms with Gasteiger partial charge in [-0.1, -0.05) is 105 Å². The third kappa shape index (κ3) is 5.83. The Kier molecular flexibility index (Phi) is 7.86. The van der Waals surface area contributed by atoms with Crippen LogP contribution >= 0.6 is 0 Å². The minimum Gasteiger partial charge on any atom is -0.344 e. The normalized spacial score (nSPS) is 11.4. The zero-order chi connectivity index (χ0) is 25.5. The topological polar surface area (TPSA) is 66.5 Å². The minimum absolute atomic E-state index is 0.133. The van der Waals surface area contributed by atoms with Crippen molar-refractivity contribution in [3.8, 4) is 0 Å². The molecule has 0 spiro atoms. The van der Waals surface area contributed by atoms with E-state index in [1.807, 2.05) is 72.8 Å². The Morgan fingerprint density at radius 1 is 0.694 bits per heavy atom. The van der Waals surface area contributed by atoms with Crippen LogP contribution in [0.2, 0.25) is 0 Å². The van der Waals surface area contributed by atoms with Gasteiger partial charge in [-0.2, -0.15) is 0 Å². The number of nitrogens with zero attached hydrogens (tertiary/aromatic N) is 1. The molecule has 0 aliphatic rings. The van der Waals surface area contributed by atoms with E-state index in [4.69, 9.17) is 0 Å². The first kappa shape index (κ1) is 25.2. The van der Waals surface area contributed by atoms with E-state index in [1.165, 1.54) is 4.31 Å². The maximum Gasteiger partial charge on any atom is 0.264 e. The van der Waals surface area contributed by atoms with Crippen molar-refractivity contribution in [1.29, 1.82) is 0 Å². The standard InChI is InChI=1S/C30H30N2O3S/c1-23(2)24-18-20-27(21-19-24)32(36(34,35)28-16-10-5-11-17-28)22-29(33)31-30(25-12-6-3-7-13-25)26-14-8-4-9-15-26/h3-21,23,30H,22H2,1-2H3,(H,31,33). The molecule has 6 heteroatoms. The fourth-order valence-electron chi connectivity index (χ4n) is 4.05. The number of anilines is 1. The summed E-state index contributed by atoms with van der Waals surface area (Å²) in [4.78, 5) is 13.6. The SMILES string of the molecule is CC(C)c1ccc(N(CC(=O)NC(c2ccccc2)c2ccccc2)S(=O)(=O)c2ccccc2)cc1. The Labute approximate surface area is 213 Å². The molecule has 0 bridgehead atoms. The summed E-state index contributed by atoms with van der Waals surface area (Å²) in [5.74, 6) is -0.0980. The van der Waals surface area contributed by atoms with Gasteiger partial charge in [-0.15, -0.1) is 0 Å². The lowest BCUT2D eigenvalue weighted by molar-refractivity contribution is -0.120. The fourth-order valence-corrected chi connectivity index (χ4v) is 5.49. The van der Waals surface area contributed by atoms with Gasteiger partial charge in [0, 0.05) is 0 Å². The number of rotatable bonds is 9. The van der Waals surface area contributed by atoms with Gasteiger partial charge in [0.2, 0.25) is 5.91 Å². The predicted molar refractivity (Wildman–Crippen MR) is 144 cm³/mol. The average Bonchev–Trinajstić information content (AvgIpc) is 2.92. The van der Waals surface area contributed by atoms with Crippen LogP contribution in [-0.4, -0.2) is 20.9 Å². The van der Waals surface area contributed by atoms with E-state index in [9.17, 15) is 13.2 Å². The van der Waals surface area contributed by atoms with Gasteiger partial charge in [-0.25, -0.2) is 8.42 Å². The molecule has 4 aromatic rings. The van der Waals surface area contributed by atoms with Gasteiger partial charge in [-0.3, -0.25) is 9.10 Å². The van der Waals surface area contributed by atoms with Gasteiger partial charge in [0.15, 0.2) is 0 Å². The van der Waals surface area contributed by atoms with E-state index in [0.29, 0.717) is 11.6 Å². The molecular weight excluding hydrogens is 468 g/mol. The molecule has 0 aromatic heterocycles. The first-order valence-electron chi connectivity index (χ1n) is 11.9. The van der Waals surface area contributed by atoms with Gasteiger partial charge >= 0.3 is 0 Å². The summed E-state index contributed by atoms with van der Waals surface area (Å²) >= 11 is 0. The number of hydrogen-bond donors (Lipinski definition) is 1. The largest absolute Gasteiger partial charge is 0.344 e. The molecule has 4 rings (SSSR count). The van der Waals surface area contributed by atoms with Crippen LogP contribution in [0.5, 0.6) is 0 Å². The lowest BCUT2D eigenvalue weighted by Crippen LogP contribution is -2.42. The number of hydrogen-bond acceptors (Lipinski definition) is 3. The van der Waals surface area contributed by atoms with Crippen LogP contribution in [0.1, 0.15) is 42.5 Å². The van der Waals surface area contributed by atoms with Crippen molar-refractivity contribution in [3.63, 3.8) is 0 Å². The Balaban J connectivity index is 1.67. The lowest BCUT2D eigenvalue weighted by Gasteiger charge is -2.26. The van der Waals surface area contributed by atoms with E-state index < -0.39 is 22.0 Å². The molecule has 0 saturated heterocycles. The van der Waals surface area contributed by atoms with E-state index in [-0.39, 0.29) is 11.4 Å². The van der Waals surface area contributed by atoms with Gasteiger partial charge in [0.05, 0.1) is 16.6 Å². The molecule has 184 valence electrons. The van der Waals surface area contributed by atoms with E-state index in [2.05, 4.69) is 19.2 Å². The van der Waals surface area contributed by atoms with Crippen molar-refractivity contribution in [2.24, 2.45) is 0 Å². The third-order valence-electron chi connectivity index (χ3n) is 6.04. The lowest BCUT2D eigenvalue weighted by atomic mass is 9.99. The molecule has 0 fully saturated rings. The van der Waals surface area contributed by atoms with Crippen molar-refractivity contribution in [2.45, 2.75) is 30.7 Å². The monoisotopic (exact) mass is 498 g/mol. The summed E-state index contributed by atoms with van der Waals surface area (Å²) in [5, 5.41) is 3.06. The van der Waals surface area contributed by atoms with Crippen LogP contribution in [0.4, 0.5) is 5.69 Å². The maximum atomic E-state index is 13.7. The van der Waals surface area contributed by atoms with Gasteiger partial charge < -0.3 is 5.32 Å². The molecule has 0 aliphatic heterocycles. The second kappa shape index (κ2) is 11.2. The quantitative estimate of drug-likeness (QED) is 0.312. The predicted octanol–water partition coefficient (Wildman–Crippen LogP) is 5.91. The van der Waals surface area contributed by atoms with Gasteiger partial charge in [0.1, 0.15) is 6.54 Å². The summed E-state index contributed by atoms with van der Waals surface area (Å²) in [7, 11) is -3.97. The molecule has 4 aromatic carbocycles. The summed E-state index contributed by atoms with van der Waals surface area (Å²) in [6.45, 7) is 3.80. The second-order valence-corrected chi connectivity index (χ2v) is 10.8. The molecule has 1 N–H and O–H groups in total. The Bertz CT molecular complexity index is 1330. The molecule has 0 radical (unpaired) electrons. The third-order valence-corrected chi connectivity index (χ3v) is 7.83. The summed E-state index contributed by atoms with van der Waals surface area (Å²) < 4.78 is 28.5. The molecule has 0 heterocycles. The van der Waals surface area contributed by atoms with Gasteiger partial charge in [0.25, 0.3) is 10.0 Å². The number of carbonyl (C=O) groups is 1. The Hall–Kier alpha value is -3.90. The molecule has 0 saturated carbocycles. The smallest absolute Gasteiger partial charge is 0.264 e. The molecule has 0 atom stereocenters. The van der Waals surface area contributed by atoms with E-state index >= 15 is 0 Å². The number of sulfonamides is 1. The van der Waals surface area contributed by atoms with Crippen molar-refractivity contribution < 1.29 is 13.2 Å². The van der Waals surface area contributed by atoms with Crippen LogP contribution in [0, 0.1) is 0 Å². The number of carbonyl (C=O) groups excluding carboxylic acids is 1. The van der Waals surface area contributed by atoms with Crippen LogP contribution in [0.3, 0.4) is 0 Å². The fraction of sp³-hybridized carbons (Fsp3) is 0.167.